The fourth-order valence-corrected chi connectivity index (χ4v) is 0.497. The molecule has 0 aromatic carbocycles. The highest BCUT2D eigenvalue weighted by molar-refractivity contribution is 7.72. The average molecular weight is 124 g/mol. The monoisotopic (exact) mass is 124 g/mol. The van der Waals surface area contributed by atoms with Crippen molar-refractivity contribution in [3.05, 3.63) is 0 Å². The summed E-state index contributed by atoms with van der Waals surface area (Å²) in [4.78, 5) is 0. The molecule has 0 rings (SSSR count). The summed E-state index contributed by atoms with van der Waals surface area (Å²) in [7, 11) is -2.33. The Morgan fingerprint density at radius 2 is 2.14 bits per heavy atom. The fraction of sp³-hybridized carbons (Fsp3) is 1.00. The molecular weight excluding hydrogens is 116 g/mol. The molecule has 7 heavy (non-hydrogen) atoms. The summed E-state index contributed by atoms with van der Waals surface area (Å²) < 4.78 is 23.8. The highest BCUT2D eigenvalue weighted by atomic mass is 32.2. The van der Waals surface area contributed by atoms with E-state index < -0.39 is 10.7 Å². The van der Waals surface area contributed by atoms with E-state index in [1.807, 2.05) is 0 Å². The summed E-state index contributed by atoms with van der Waals surface area (Å²) in [6, 6.07) is 0. The first kappa shape index (κ1) is 6.91. The lowest BCUT2D eigenvalue weighted by atomic mass is 10.9. The summed E-state index contributed by atoms with van der Waals surface area (Å²) in [6.07, 6.45) is 0. The SMILES string of the molecule is CCOC[SH](=O)=O. The molecule has 0 aliphatic rings. The molecule has 0 atom stereocenters. The van der Waals surface area contributed by atoms with Crippen molar-refractivity contribution in [1.29, 1.82) is 0 Å². The van der Waals surface area contributed by atoms with Gasteiger partial charge in [0.2, 0.25) is 0 Å². The Balaban J connectivity index is 2.98. The maximum absolute atomic E-state index is 9.67. The van der Waals surface area contributed by atoms with Crippen LogP contribution in [0.2, 0.25) is 0 Å². The predicted molar refractivity (Wildman–Crippen MR) is 26.8 cm³/mol. The number of thiol groups is 1. The van der Waals surface area contributed by atoms with Gasteiger partial charge in [0, 0.05) is 6.61 Å². The van der Waals surface area contributed by atoms with Gasteiger partial charge in [-0.25, -0.2) is 8.42 Å². The maximum Gasteiger partial charge on any atom is 0.164 e. The van der Waals surface area contributed by atoms with E-state index in [2.05, 4.69) is 4.74 Å². The first-order valence-corrected chi connectivity index (χ1v) is 3.33. The number of ether oxygens (including phenoxy) is 1. The van der Waals surface area contributed by atoms with Gasteiger partial charge in [0.15, 0.2) is 10.7 Å². The van der Waals surface area contributed by atoms with Crippen LogP contribution in [0.15, 0.2) is 0 Å². The zero-order valence-corrected chi connectivity index (χ0v) is 4.98. The van der Waals surface area contributed by atoms with Gasteiger partial charge in [0.1, 0.15) is 5.94 Å². The molecule has 0 radical (unpaired) electrons. The quantitative estimate of drug-likeness (QED) is 0.520. The minimum absolute atomic E-state index is 0.147. The van der Waals surface area contributed by atoms with E-state index >= 15 is 0 Å². The Hall–Kier alpha value is -0.0900. The molecule has 0 bridgehead atoms. The zero-order valence-electron chi connectivity index (χ0n) is 4.09. The molecular formula is C3H8O3S. The van der Waals surface area contributed by atoms with Crippen LogP contribution in [0.1, 0.15) is 6.92 Å². The third kappa shape index (κ3) is 5.91. The number of rotatable bonds is 3. The zero-order chi connectivity index (χ0) is 5.70. The van der Waals surface area contributed by atoms with E-state index in [4.69, 9.17) is 0 Å². The minimum atomic E-state index is -2.33. The molecule has 3 nitrogen and oxygen atoms in total. The second-order valence-electron chi connectivity index (χ2n) is 0.955. The lowest BCUT2D eigenvalue weighted by molar-refractivity contribution is 0.194. The largest absolute Gasteiger partial charge is 0.366 e. The second kappa shape index (κ2) is 4.08. The summed E-state index contributed by atoms with van der Waals surface area (Å²) in [6.45, 7) is 2.21. The van der Waals surface area contributed by atoms with Crippen molar-refractivity contribution in [3.63, 3.8) is 0 Å². The lowest BCUT2D eigenvalue weighted by Crippen LogP contribution is -1.93. The van der Waals surface area contributed by atoms with Crippen molar-refractivity contribution in [2.75, 3.05) is 12.5 Å². The maximum atomic E-state index is 9.67. The van der Waals surface area contributed by atoms with Gasteiger partial charge in [-0.15, -0.1) is 0 Å². The summed E-state index contributed by atoms with van der Waals surface area (Å²) >= 11 is 0. The van der Waals surface area contributed by atoms with Gasteiger partial charge >= 0.3 is 0 Å². The average Bonchev–Trinajstić information content (AvgIpc) is 1.61. The molecule has 0 aromatic rings. The smallest absolute Gasteiger partial charge is 0.164 e. The molecule has 4 heteroatoms. The molecule has 0 saturated heterocycles. The number of hydrogen-bond acceptors (Lipinski definition) is 3. The summed E-state index contributed by atoms with van der Waals surface area (Å²) in [5.74, 6) is -0.147. The van der Waals surface area contributed by atoms with E-state index in [0.717, 1.165) is 0 Å². The topological polar surface area (TPSA) is 43.4 Å². The molecule has 0 aromatic heterocycles. The molecule has 0 aliphatic heterocycles. The van der Waals surface area contributed by atoms with Crippen LogP contribution in [0, 0.1) is 0 Å². The minimum Gasteiger partial charge on any atom is -0.366 e. The van der Waals surface area contributed by atoms with Gasteiger partial charge in [0.05, 0.1) is 0 Å². The Morgan fingerprint density at radius 3 is 2.29 bits per heavy atom. The van der Waals surface area contributed by atoms with Gasteiger partial charge in [-0.05, 0) is 6.92 Å². The highest BCUT2D eigenvalue weighted by Crippen LogP contribution is 1.69. The first-order valence-electron chi connectivity index (χ1n) is 1.97. The Morgan fingerprint density at radius 1 is 1.57 bits per heavy atom. The van der Waals surface area contributed by atoms with Crippen LogP contribution in [-0.4, -0.2) is 21.0 Å². The molecule has 0 saturated carbocycles. The van der Waals surface area contributed by atoms with Crippen LogP contribution >= 0.6 is 0 Å². The van der Waals surface area contributed by atoms with Crippen molar-refractivity contribution in [2.45, 2.75) is 6.92 Å². The standard InChI is InChI=1S/C3H8O3S/c1-2-6-3-7(4)5/h7H,2-3H2,1H3. The van der Waals surface area contributed by atoms with E-state index in [9.17, 15) is 8.42 Å². The first-order chi connectivity index (χ1) is 3.27. The summed E-state index contributed by atoms with van der Waals surface area (Å²) in [5, 5.41) is 0. The Bertz CT molecular complexity index is 88.4. The van der Waals surface area contributed by atoms with Crippen LogP contribution in [-0.2, 0) is 15.4 Å². The Labute approximate surface area is 44.2 Å². The van der Waals surface area contributed by atoms with Gasteiger partial charge in [0.25, 0.3) is 0 Å². The molecule has 0 N–H and O–H groups in total. The third-order valence-electron chi connectivity index (χ3n) is 0.401. The lowest BCUT2D eigenvalue weighted by Gasteiger charge is -1.86. The van der Waals surface area contributed by atoms with E-state index in [-0.39, 0.29) is 5.94 Å². The van der Waals surface area contributed by atoms with Crippen LogP contribution in [0.3, 0.4) is 0 Å². The second-order valence-corrected chi connectivity index (χ2v) is 1.88. The van der Waals surface area contributed by atoms with E-state index in [1.54, 1.807) is 6.92 Å². The Kier molecular flexibility index (Phi) is 4.03. The molecule has 0 heterocycles. The van der Waals surface area contributed by atoms with Crippen molar-refractivity contribution in [2.24, 2.45) is 0 Å². The molecule has 0 spiro atoms. The third-order valence-corrected chi connectivity index (χ3v) is 0.794. The highest BCUT2D eigenvalue weighted by Gasteiger charge is 1.79. The number of hydrogen-bond donors (Lipinski definition) is 1. The van der Waals surface area contributed by atoms with Crippen LogP contribution in [0.4, 0.5) is 0 Å². The molecule has 44 valence electrons. The van der Waals surface area contributed by atoms with Crippen LogP contribution in [0.25, 0.3) is 0 Å². The fourth-order valence-electron chi connectivity index (χ4n) is 0.166. The van der Waals surface area contributed by atoms with E-state index in [0.29, 0.717) is 6.61 Å². The molecule has 0 unspecified atom stereocenters. The summed E-state index contributed by atoms with van der Waals surface area (Å²) in [5.41, 5.74) is 0. The molecule has 0 aliphatic carbocycles. The van der Waals surface area contributed by atoms with Crippen molar-refractivity contribution >= 4 is 10.7 Å². The normalized spacial score (nSPS) is 10.0. The van der Waals surface area contributed by atoms with E-state index in [1.165, 1.54) is 0 Å². The van der Waals surface area contributed by atoms with Gasteiger partial charge in [-0.2, -0.15) is 0 Å². The van der Waals surface area contributed by atoms with Crippen LogP contribution < -0.4 is 0 Å². The van der Waals surface area contributed by atoms with Crippen molar-refractivity contribution < 1.29 is 13.2 Å². The van der Waals surface area contributed by atoms with Gasteiger partial charge < -0.3 is 4.74 Å². The van der Waals surface area contributed by atoms with Gasteiger partial charge in [-0.1, -0.05) is 0 Å². The van der Waals surface area contributed by atoms with Crippen molar-refractivity contribution in [1.82, 2.24) is 0 Å². The van der Waals surface area contributed by atoms with Crippen molar-refractivity contribution in [3.8, 4) is 0 Å². The molecule has 0 fully saturated rings. The van der Waals surface area contributed by atoms with Crippen LogP contribution in [0.5, 0.6) is 0 Å². The van der Waals surface area contributed by atoms with Gasteiger partial charge in [-0.3, -0.25) is 0 Å². The molecule has 0 amide bonds. The predicted octanol–water partition coefficient (Wildman–Crippen LogP) is -0.408.